The summed E-state index contributed by atoms with van der Waals surface area (Å²) in [5.74, 6) is -0.404. The monoisotopic (exact) mass is 355 g/mol. The molecule has 6 heteroatoms. The average molecular weight is 356 g/mol. The van der Waals surface area contributed by atoms with Crippen LogP contribution in [0.4, 0.5) is 5.69 Å². The molecule has 1 aliphatic heterocycles. The van der Waals surface area contributed by atoms with Gasteiger partial charge in [0.1, 0.15) is 0 Å². The minimum absolute atomic E-state index is 0.0112. The first-order chi connectivity index (χ1) is 10.1. The van der Waals surface area contributed by atoms with Crippen LogP contribution >= 0.6 is 15.9 Å². The predicted octanol–water partition coefficient (Wildman–Crippen LogP) is 2.99. The van der Waals surface area contributed by atoms with Crippen LogP contribution in [0.1, 0.15) is 30.1 Å². The molecule has 0 bridgehead atoms. The highest BCUT2D eigenvalue weighted by Crippen LogP contribution is 2.26. The molecule has 1 aliphatic rings. The fraction of sp³-hybridized carbons (Fsp3) is 0.467. The molecule has 114 valence electrons. The third kappa shape index (κ3) is 4.28. The molecule has 2 rings (SSSR count). The van der Waals surface area contributed by atoms with E-state index < -0.39 is 0 Å². The molecule has 1 aromatic carbocycles. The molecule has 1 saturated heterocycles. The van der Waals surface area contributed by atoms with Gasteiger partial charge in [-0.2, -0.15) is 0 Å². The normalized spacial score (nSPS) is 15.5. The maximum Gasteiger partial charge on any atom is 0.338 e. The molecule has 0 spiro atoms. The van der Waals surface area contributed by atoms with Crippen LogP contribution in [0, 0.1) is 5.92 Å². The molecule has 0 atom stereocenters. The Bertz CT molecular complexity index is 526. The van der Waals surface area contributed by atoms with E-state index in [4.69, 9.17) is 9.47 Å². The molecule has 5 nitrogen and oxygen atoms in total. The summed E-state index contributed by atoms with van der Waals surface area (Å²) in [5.41, 5.74) is 1.10. The summed E-state index contributed by atoms with van der Waals surface area (Å²) >= 11 is 3.37. The molecule has 1 amide bonds. The number of amides is 1. The van der Waals surface area contributed by atoms with E-state index in [-0.39, 0.29) is 17.8 Å². The highest BCUT2D eigenvalue weighted by molar-refractivity contribution is 9.10. The smallest absolute Gasteiger partial charge is 0.338 e. The molecule has 1 heterocycles. The van der Waals surface area contributed by atoms with Crippen molar-refractivity contribution in [3.63, 3.8) is 0 Å². The van der Waals surface area contributed by atoms with Crippen molar-refractivity contribution in [1.29, 1.82) is 0 Å². The Morgan fingerprint density at radius 3 is 2.71 bits per heavy atom. The maximum absolute atomic E-state index is 12.2. The van der Waals surface area contributed by atoms with Crippen LogP contribution in [-0.4, -0.2) is 31.7 Å². The van der Waals surface area contributed by atoms with E-state index in [1.807, 2.05) is 0 Å². The lowest BCUT2D eigenvalue weighted by Crippen LogP contribution is -2.28. The van der Waals surface area contributed by atoms with Gasteiger partial charge in [0.25, 0.3) is 0 Å². The number of hydrogen-bond acceptors (Lipinski definition) is 4. The van der Waals surface area contributed by atoms with Gasteiger partial charge in [-0.3, -0.25) is 4.79 Å². The molecule has 0 aromatic heterocycles. The first kappa shape index (κ1) is 16.0. The van der Waals surface area contributed by atoms with Gasteiger partial charge in [-0.25, -0.2) is 4.79 Å². The maximum atomic E-state index is 12.2. The van der Waals surface area contributed by atoms with Crippen molar-refractivity contribution in [3.8, 4) is 0 Å². The summed E-state index contributed by atoms with van der Waals surface area (Å²) < 4.78 is 10.8. The van der Waals surface area contributed by atoms with Crippen LogP contribution in [0.3, 0.4) is 0 Å². The Labute approximate surface area is 132 Å². The molecule has 0 saturated carbocycles. The Hall–Kier alpha value is -1.40. The second-order valence-electron chi connectivity index (χ2n) is 4.79. The molecule has 0 radical (unpaired) electrons. The van der Waals surface area contributed by atoms with Crippen molar-refractivity contribution in [2.24, 2.45) is 5.92 Å². The van der Waals surface area contributed by atoms with Crippen LogP contribution in [0.25, 0.3) is 0 Å². The van der Waals surface area contributed by atoms with Gasteiger partial charge in [-0.05, 0) is 53.9 Å². The summed E-state index contributed by atoms with van der Waals surface area (Å²) in [7, 11) is 0. The number of rotatable bonds is 4. The van der Waals surface area contributed by atoms with E-state index in [1.165, 1.54) is 0 Å². The zero-order chi connectivity index (χ0) is 15.2. The molecule has 1 fully saturated rings. The van der Waals surface area contributed by atoms with Crippen molar-refractivity contribution in [3.05, 3.63) is 28.2 Å². The van der Waals surface area contributed by atoms with E-state index in [1.54, 1.807) is 25.1 Å². The van der Waals surface area contributed by atoms with Crippen molar-refractivity contribution in [2.45, 2.75) is 19.8 Å². The van der Waals surface area contributed by atoms with Crippen LogP contribution in [0.2, 0.25) is 0 Å². The first-order valence-corrected chi connectivity index (χ1v) is 7.76. The number of ether oxygens (including phenoxy) is 2. The topological polar surface area (TPSA) is 64.6 Å². The zero-order valence-electron chi connectivity index (χ0n) is 11.9. The quantitative estimate of drug-likeness (QED) is 0.843. The van der Waals surface area contributed by atoms with Crippen LogP contribution in [-0.2, 0) is 14.3 Å². The van der Waals surface area contributed by atoms with Crippen LogP contribution in [0.15, 0.2) is 22.7 Å². The van der Waals surface area contributed by atoms with Crippen molar-refractivity contribution >= 4 is 33.5 Å². The lowest BCUT2D eigenvalue weighted by atomic mass is 9.99. The number of hydrogen-bond donors (Lipinski definition) is 1. The number of halogens is 1. The lowest BCUT2D eigenvalue weighted by molar-refractivity contribution is -0.122. The summed E-state index contributed by atoms with van der Waals surface area (Å²) in [4.78, 5) is 23.8. The van der Waals surface area contributed by atoms with Gasteiger partial charge in [0.2, 0.25) is 5.91 Å². The Morgan fingerprint density at radius 1 is 1.38 bits per heavy atom. The van der Waals surface area contributed by atoms with E-state index in [2.05, 4.69) is 21.2 Å². The summed E-state index contributed by atoms with van der Waals surface area (Å²) in [6.07, 6.45) is 1.48. The Balaban J connectivity index is 2.03. The molecule has 21 heavy (non-hydrogen) atoms. The van der Waals surface area contributed by atoms with Gasteiger partial charge in [-0.1, -0.05) is 0 Å². The largest absolute Gasteiger partial charge is 0.462 e. The number of carbonyl (C=O) groups excluding carboxylic acids is 2. The Morgan fingerprint density at radius 2 is 2.10 bits per heavy atom. The van der Waals surface area contributed by atoms with Crippen molar-refractivity contribution in [2.75, 3.05) is 25.1 Å². The van der Waals surface area contributed by atoms with E-state index in [0.717, 1.165) is 12.8 Å². The minimum atomic E-state index is -0.375. The number of anilines is 1. The standard InChI is InChI=1S/C15H18BrNO4/c1-2-21-15(19)11-3-4-13(12(16)9-11)17-14(18)10-5-7-20-8-6-10/h3-4,9-10H,2,5-8H2,1H3,(H,17,18). The number of nitrogens with one attached hydrogen (secondary N) is 1. The van der Waals surface area contributed by atoms with E-state index >= 15 is 0 Å². The van der Waals surface area contributed by atoms with Gasteiger partial charge >= 0.3 is 5.97 Å². The summed E-state index contributed by atoms with van der Waals surface area (Å²) in [6.45, 7) is 3.34. The average Bonchev–Trinajstić information content (AvgIpc) is 2.50. The van der Waals surface area contributed by atoms with Crippen LogP contribution < -0.4 is 5.32 Å². The second-order valence-corrected chi connectivity index (χ2v) is 5.65. The molecular weight excluding hydrogens is 338 g/mol. The molecule has 0 unspecified atom stereocenters. The van der Waals surface area contributed by atoms with Gasteiger partial charge in [0.15, 0.2) is 0 Å². The van der Waals surface area contributed by atoms with Gasteiger partial charge in [-0.15, -0.1) is 0 Å². The molecule has 1 N–H and O–H groups in total. The zero-order valence-corrected chi connectivity index (χ0v) is 13.4. The third-order valence-corrected chi connectivity index (χ3v) is 3.99. The fourth-order valence-corrected chi connectivity index (χ4v) is 2.63. The van der Waals surface area contributed by atoms with Gasteiger partial charge < -0.3 is 14.8 Å². The van der Waals surface area contributed by atoms with Gasteiger partial charge in [0, 0.05) is 23.6 Å². The van der Waals surface area contributed by atoms with E-state index in [0.29, 0.717) is 35.5 Å². The van der Waals surface area contributed by atoms with Crippen molar-refractivity contribution in [1.82, 2.24) is 0 Å². The number of benzene rings is 1. The van der Waals surface area contributed by atoms with Gasteiger partial charge in [0.05, 0.1) is 17.9 Å². The third-order valence-electron chi connectivity index (χ3n) is 3.33. The lowest BCUT2D eigenvalue weighted by Gasteiger charge is -2.21. The van der Waals surface area contributed by atoms with Crippen LogP contribution in [0.5, 0.6) is 0 Å². The second kappa shape index (κ2) is 7.56. The number of carbonyl (C=O) groups is 2. The molecule has 1 aromatic rings. The Kier molecular flexibility index (Phi) is 5.76. The van der Waals surface area contributed by atoms with E-state index in [9.17, 15) is 9.59 Å². The minimum Gasteiger partial charge on any atom is -0.462 e. The van der Waals surface area contributed by atoms with Crippen molar-refractivity contribution < 1.29 is 19.1 Å². The highest BCUT2D eigenvalue weighted by atomic mass is 79.9. The summed E-state index contributed by atoms with van der Waals surface area (Å²) in [6, 6.07) is 4.99. The molecule has 0 aliphatic carbocycles. The molecular formula is C15H18BrNO4. The highest BCUT2D eigenvalue weighted by Gasteiger charge is 2.22. The first-order valence-electron chi connectivity index (χ1n) is 6.97. The SMILES string of the molecule is CCOC(=O)c1ccc(NC(=O)C2CCOCC2)c(Br)c1. The fourth-order valence-electron chi connectivity index (χ4n) is 2.15. The number of esters is 1. The summed E-state index contributed by atoms with van der Waals surface area (Å²) in [5, 5.41) is 2.88. The predicted molar refractivity (Wildman–Crippen MR) is 82.3 cm³/mol.